The number of aliphatic hydroxyl groups excluding tert-OH is 1. The second-order valence-electron chi connectivity index (χ2n) is 4.42. The summed E-state index contributed by atoms with van der Waals surface area (Å²) in [6.45, 7) is 5.17. The van der Waals surface area contributed by atoms with Crippen LogP contribution in [0.1, 0.15) is 0 Å². The highest BCUT2D eigenvalue weighted by molar-refractivity contribution is 5.57. The van der Waals surface area contributed by atoms with Crippen molar-refractivity contribution in [1.29, 1.82) is 0 Å². The Labute approximate surface area is 95.7 Å². The molecule has 0 saturated heterocycles. The van der Waals surface area contributed by atoms with Gasteiger partial charge in [0.2, 0.25) is 0 Å². The average molecular weight is 226 g/mol. The van der Waals surface area contributed by atoms with Crippen molar-refractivity contribution in [2.24, 2.45) is 15.7 Å². The molecule has 0 aromatic rings. The fourth-order valence-electron chi connectivity index (χ4n) is 2.27. The van der Waals surface area contributed by atoms with Gasteiger partial charge in [-0.15, -0.1) is 0 Å². The first-order valence-corrected chi connectivity index (χ1v) is 5.75. The van der Waals surface area contributed by atoms with E-state index in [1.807, 2.05) is 12.7 Å². The van der Waals surface area contributed by atoms with E-state index >= 15 is 0 Å². The van der Waals surface area contributed by atoms with Crippen molar-refractivity contribution in [2.75, 3.05) is 45.9 Å². The molecule has 2 atom stereocenters. The van der Waals surface area contributed by atoms with Crippen LogP contribution in [0.4, 0.5) is 0 Å². The zero-order chi connectivity index (χ0) is 11.4. The molecule has 2 heterocycles. The van der Waals surface area contributed by atoms with Gasteiger partial charge in [0.05, 0.1) is 26.0 Å². The highest BCUT2D eigenvalue weighted by Crippen LogP contribution is 2.11. The van der Waals surface area contributed by atoms with Crippen molar-refractivity contribution in [3.8, 4) is 0 Å². The van der Waals surface area contributed by atoms with Gasteiger partial charge in [-0.2, -0.15) is 0 Å². The number of aliphatic hydroxyl groups is 1. The lowest BCUT2D eigenvalue weighted by molar-refractivity contribution is -0.831. The van der Waals surface area contributed by atoms with E-state index in [-0.39, 0.29) is 12.8 Å². The number of nitrogens with zero attached hydrogens (tertiary/aromatic N) is 4. The molecule has 2 aliphatic rings. The minimum Gasteiger partial charge on any atom is -0.390 e. The summed E-state index contributed by atoms with van der Waals surface area (Å²) < 4.78 is 0.696. The summed E-state index contributed by atoms with van der Waals surface area (Å²) in [7, 11) is 0. The standard InChI is InChI=1S/C10H20N5O/c11-10(14-3-1-12-8-14)7-15(5-6-16)4-2-13-9-15/h8-10,16H,1-7,11H2/q+1. The van der Waals surface area contributed by atoms with Gasteiger partial charge in [0.25, 0.3) is 0 Å². The fourth-order valence-corrected chi connectivity index (χ4v) is 2.27. The number of nitrogens with two attached hydrogens (primary N) is 1. The number of rotatable bonds is 5. The van der Waals surface area contributed by atoms with E-state index in [1.54, 1.807) is 0 Å². The minimum atomic E-state index is -0.0395. The SMILES string of the molecule is NC(C[N+]1(CCO)C=NCC1)N1C=NCC1. The molecular weight excluding hydrogens is 206 g/mol. The Bertz CT molecular complexity index is 293. The Balaban J connectivity index is 1.94. The molecule has 0 aromatic carbocycles. The Morgan fingerprint density at radius 2 is 2.31 bits per heavy atom. The van der Waals surface area contributed by atoms with Crippen LogP contribution in [0.3, 0.4) is 0 Å². The number of quaternary nitrogens is 1. The molecule has 0 saturated carbocycles. The van der Waals surface area contributed by atoms with Gasteiger partial charge in [0.1, 0.15) is 25.8 Å². The molecule has 0 amide bonds. The summed E-state index contributed by atoms with van der Waals surface area (Å²) >= 11 is 0. The van der Waals surface area contributed by atoms with Gasteiger partial charge in [0, 0.05) is 6.54 Å². The zero-order valence-electron chi connectivity index (χ0n) is 9.50. The smallest absolute Gasteiger partial charge is 0.185 e. The second kappa shape index (κ2) is 4.90. The Morgan fingerprint density at radius 1 is 1.44 bits per heavy atom. The second-order valence-corrected chi connectivity index (χ2v) is 4.42. The molecule has 90 valence electrons. The summed E-state index contributed by atoms with van der Waals surface area (Å²) in [6, 6.07) is 0. The van der Waals surface area contributed by atoms with Crippen molar-refractivity contribution in [2.45, 2.75) is 6.17 Å². The van der Waals surface area contributed by atoms with E-state index < -0.39 is 0 Å². The highest BCUT2D eigenvalue weighted by atomic mass is 16.3. The first-order valence-electron chi connectivity index (χ1n) is 5.75. The molecule has 2 aliphatic heterocycles. The number of hydrogen-bond acceptors (Lipinski definition) is 5. The van der Waals surface area contributed by atoms with Crippen LogP contribution in [0.15, 0.2) is 9.98 Å². The Hall–Kier alpha value is -0.980. The lowest BCUT2D eigenvalue weighted by Gasteiger charge is -2.34. The molecule has 2 rings (SSSR count). The van der Waals surface area contributed by atoms with Gasteiger partial charge >= 0.3 is 0 Å². The van der Waals surface area contributed by atoms with Crippen LogP contribution < -0.4 is 5.73 Å². The van der Waals surface area contributed by atoms with E-state index in [9.17, 15) is 0 Å². The maximum atomic E-state index is 9.11. The average Bonchev–Trinajstić information content (AvgIpc) is 2.88. The van der Waals surface area contributed by atoms with Crippen LogP contribution in [0.2, 0.25) is 0 Å². The summed E-state index contributed by atoms with van der Waals surface area (Å²) in [4.78, 5) is 10.5. The highest BCUT2D eigenvalue weighted by Gasteiger charge is 2.33. The minimum absolute atomic E-state index is 0.0395. The van der Waals surface area contributed by atoms with Crippen LogP contribution in [0.25, 0.3) is 0 Å². The Kier molecular flexibility index (Phi) is 3.52. The lowest BCUT2D eigenvalue weighted by Crippen LogP contribution is -2.58. The molecule has 0 fully saturated rings. The van der Waals surface area contributed by atoms with Crippen LogP contribution >= 0.6 is 0 Å². The molecule has 16 heavy (non-hydrogen) atoms. The third kappa shape index (κ3) is 2.40. The Morgan fingerprint density at radius 3 is 2.88 bits per heavy atom. The predicted molar refractivity (Wildman–Crippen MR) is 63.3 cm³/mol. The normalized spacial score (nSPS) is 30.2. The molecule has 0 radical (unpaired) electrons. The number of aliphatic imine (C=N–C) groups is 2. The lowest BCUT2D eigenvalue weighted by atomic mass is 10.3. The van der Waals surface area contributed by atoms with E-state index in [1.165, 1.54) is 0 Å². The molecule has 0 aliphatic carbocycles. The topological polar surface area (TPSA) is 74.2 Å². The van der Waals surface area contributed by atoms with Gasteiger partial charge in [-0.25, -0.2) is 4.99 Å². The summed E-state index contributed by atoms with van der Waals surface area (Å²) in [5.41, 5.74) is 6.15. The fraction of sp³-hybridized carbons (Fsp3) is 0.800. The molecule has 0 spiro atoms. The van der Waals surface area contributed by atoms with Crippen LogP contribution in [-0.2, 0) is 0 Å². The molecule has 0 aromatic heterocycles. The molecule has 2 unspecified atom stereocenters. The van der Waals surface area contributed by atoms with Crippen molar-refractivity contribution in [3.63, 3.8) is 0 Å². The predicted octanol–water partition coefficient (Wildman–Crippen LogP) is -1.53. The summed E-state index contributed by atoms with van der Waals surface area (Å²) in [6.07, 6.45) is 3.72. The van der Waals surface area contributed by atoms with E-state index in [2.05, 4.69) is 14.9 Å². The molecule has 3 N–H and O–H groups in total. The van der Waals surface area contributed by atoms with Crippen LogP contribution in [0, 0.1) is 0 Å². The molecular formula is C10H20N5O+. The van der Waals surface area contributed by atoms with Crippen molar-refractivity contribution in [3.05, 3.63) is 0 Å². The maximum Gasteiger partial charge on any atom is 0.185 e. The van der Waals surface area contributed by atoms with Crippen LogP contribution in [0.5, 0.6) is 0 Å². The van der Waals surface area contributed by atoms with Gasteiger partial charge in [-0.3, -0.25) is 9.48 Å². The monoisotopic (exact) mass is 226 g/mol. The third-order valence-corrected chi connectivity index (χ3v) is 3.24. The van der Waals surface area contributed by atoms with E-state index in [4.69, 9.17) is 10.8 Å². The first-order chi connectivity index (χ1) is 7.76. The molecule has 6 nitrogen and oxygen atoms in total. The van der Waals surface area contributed by atoms with Crippen molar-refractivity contribution >= 4 is 12.7 Å². The van der Waals surface area contributed by atoms with E-state index in [0.717, 1.165) is 32.7 Å². The van der Waals surface area contributed by atoms with Gasteiger partial charge in [0.15, 0.2) is 6.34 Å². The third-order valence-electron chi connectivity index (χ3n) is 3.24. The maximum absolute atomic E-state index is 9.11. The largest absolute Gasteiger partial charge is 0.390 e. The van der Waals surface area contributed by atoms with Gasteiger partial charge < -0.3 is 15.7 Å². The van der Waals surface area contributed by atoms with Gasteiger partial charge in [-0.1, -0.05) is 0 Å². The number of hydrogen-bond donors (Lipinski definition) is 2. The molecule has 6 heteroatoms. The van der Waals surface area contributed by atoms with Crippen LogP contribution in [-0.4, -0.2) is 79.2 Å². The van der Waals surface area contributed by atoms with Gasteiger partial charge in [-0.05, 0) is 0 Å². The van der Waals surface area contributed by atoms with Crippen molar-refractivity contribution in [1.82, 2.24) is 4.90 Å². The van der Waals surface area contributed by atoms with E-state index in [0.29, 0.717) is 11.0 Å². The summed E-state index contributed by atoms with van der Waals surface area (Å²) in [5, 5.41) is 9.11. The van der Waals surface area contributed by atoms with Crippen molar-refractivity contribution < 1.29 is 9.59 Å². The quantitative estimate of drug-likeness (QED) is 0.558. The summed E-state index contributed by atoms with van der Waals surface area (Å²) in [5.74, 6) is 0. The first kappa shape index (κ1) is 11.5. The molecule has 0 bridgehead atoms. The zero-order valence-corrected chi connectivity index (χ0v) is 9.50.